The van der Waals surface area contributed by atoms with E-state index in [1.54, 1.807) is 36.2 Å². The van der Waals surface area contributed by atoms with Crippen LogP contribution in [0, 0.1) is 0 Å². The number of hydrogen-bond acceptors (Lipinski definition) is 8. The van der Waals surface area contributed by atoms with Gasteiger partial charge in [0.1, 0.15) is 7.11 Å². The molecular weight excluding hydrogens is 688 g/mol. The molecule has 47 heavy (non-hydrogen) atoms. The molecule has 2 heterocycles. The zero-order valence-electron chi connectivity index (χ0n) is 26.9. The molecule has 2 saturated heterocycles. The monoisotopic (exact) mass is 727 g/mol. The number of carbonyl (C=O) groups is 3. The SMILES string of the molecule is CO/N=C(\CN(C)C(=O)c1cc(Cl)cc(Cl)c1)C(CCN1CCC(N2CCN(CCC(=O)OC)CC2=O)CC1)c1ccc(Cl)c(Cl)c1. The fourth-order valence-corrected chi connectivity index (χ4v) is 7.05. The van der Waals surface area contributed by atoms with Crippen molar-refractivity contribution >= 4 is 69.9 Å². The number of likely N-dealkylation sites (tertiary alicyclic amines) is 1. The van der Waals surface area contributed by atoms with Crippen molar-refractivity contribution < 1.29 is 24.0 Å². The van der Waals surface area contributed by atoms with Crippen LogP contribution in [0.5, 0.6) is 0 Å². The molecule has 2 aliphatic rings. The number of hydrogen-bond donors (Lipinski definition) is 0. The second kappa shape index (κ2) is 17.7. The Morgan fingerprint density at radius 1 is 0.936 bits per heavy atom. The van der Waals surface area contributed by atoms with Crippen LogP contribution in [0.25, 0.3) is 0 Å². The van der Waals surface area contributed by atoms with E-state index < -0.39 is 0 Å². The number of piperidine rings is 1. The number of oxime groups is 1. The molecule has 2 amide bonds. The molecule has 4 rings (SSSR count). The molecule has 0 N–H and O–H groups in total. The molecule has 256 valence electrons. The number of benzene rings is 2. The highest BCUT2D eigenvalue weighted by molar-refractivity contribution is 6.42. The van der Waals surface area contributed by atoms with E-state index in [0.717, 1.165) is 44.6 Å². The number of methoxy groups -OCH3 is 1. The van der Waals surface area contributed by atoms with Gasteiger partial charge < -0.3 is 24.3 Å². The van der Waals surface area contributed by atoms with Crippen LogP contribution in [0.15, 0.2) is 41.6 Å². The number of amides is 2. The van der Waals surface area contributed by atoms with Gasteiger partial charge >= 0.3 is 5.97 Å². The summed E-state index contributed by atoms with van der Waals surface area (Å²) in [7, 11) is 4.55. The van der Waals surface area contributed by atoms with Crippen molar-refractivity contribution in [2.75, 3.05) is 73.6 Å². The molecule has 2 aromatic rings. The maximum atomic E-state index is 13.3. The molecule has 2 fully saturated rings. The maximum absolute atomic E-state index is 13.3. The third-order valence-corrected chi connectivity index (χ3v) is 9.92. The van der Waals surface area contributed by atoms with Crippen molar-refractivity contribution in [1.82, 2.24) is 19.6 Å². The van der Waals surface area contributed by atoms with E-state index in [0.29, 0.717) is 57.4 Å². The van der Waals surface area contributed by atoms with Gasteiger partial charge in [0.25, 0.3) is 5.91 Å². The van der Waals surface area contributed by atoms with Crippen LogP contribution in [-0.4, -0.2) is 123 Å². The van der Waals surface area contributed by atoms with Gasteiger partial charge in [0, 0.05) is 67.3 Å². The third kappa shape index (κ3) is 10.4. The van der Waals surface area contributed by atoms with E-state index in [1.165, 1.54) is 14.2 Å². The lowest BCUT2D eigenvalue weighted by Gasteiger charge is -2.42. The van der Waals surface area contributed by atoms with Gasteiger partial charge in [0.2, 0.25) is 5.91 Å². The van der Waals surface area contributed by atoms with E-state index in [4.69, 9.17) is 56.0 Å². The average molecular weight is 730 g/mol. The molecule has 2 aromatic carbocycles. The molecule has 0 aromatic heterocycles. The summed E-state index contributed by atoms with van der Waals surface area (Å²) in [5, 5.41) is 6.01. The highest BCUT2D eigenvalue weighted by atomic mass is 35.5. The summed E-state index contributed by atoms with van der Waals surface area (Å²) >= 11 is 25.0. The Morgan fingerprint density at radius 3 is 2.26 bits per heavy atom. The number of halogens is 4. The molecule has 0 radical (unpaired) electrons. The zero-order valence-corrected chi connectivity index (χ0v) is 29.9. The van der Waals surface area contributed by atoms with Crippen molar-refractivity contribution in [3.05, 3.63) is 67.6 Å². The normalized spacial score (nSPS) is 17.5. The van der Waals surface area contributed by atoms with Crippen LogP contribution < -0.4 is 0 Å². The Balaban J connectivity index is 1.40. The highest BCUT2D eigenvalue weighted by Gasteiger charge is 2.33. The third-order valence-electron chi connectivity index (χ3n) is 8.74. The average Bonchev–Trinajstić information content (AvgIpc) is 3.04. The van der Waals surface area contributed by atoms with Gasteiger partial charge in [-0.05, 0) is 61.7 Å². The highest BCUT2D eigenvalue weighted by Crippen LogP contribution is 2.31. The van der Waals surface area contributed by atoms with E-state index in [1.807, 2.05) is 21.9 Å². The van der Waals surface area contributed by atoms with E-state index in [-0.39, 0.29) is 42.7 Å². The summed E-state index contributed by atoms with van der Waals surface area (Å²) in [6.07, 6.45) is 2.73. The molecule has 14 heteroatoms. The lowest BCUT2D eigenvalue weighted by Crippen LogP contribution is -2.56. The fourth-order valence-electron chi connectivity index (χ4n) is 6.22. The number of piperazine rings is 1. The quantitative estimate of drug-likeness (QED) is 0.148. The minimum Gasteiger partial charge on any atom is -0.469 e. The molecule has 2 aliphatic heterocycles. The predicted molar refractivity (Wildman–Crippen MR) is 186 cm³/mol. The molecule has 0 aliphatic carbocycles. The fraction of sp³-hybridized carbons (Fsp3) is 0.515. The standard InChI is InChI=1S/C33H41Cl4N5O5/c1-39(33(45)23-16-24(34)19-25(35)17-23)20-30(38-47-3)27(22-4-5-28(36)29(37)18-22)8-12-40-10-6-26(7-11-40)42-15-14-41(21-31(42)43)13-9-32(44)46-2/h4-5,16-19,26-27H,6-15,20-21H2,1-3H3/b38-30+. The number of rotatable bonds is 13. The smallest absolute Gasteiger partial charge is 0.306 e. The Bertz CT molecular complexity index is 1430. The van der Waals surface area contributed by atoms with Gasteiger partial charge in [-0.3, -0.25) is 19.3 Å². The minimum absolute atomic E-state index is 0.110. The topological polar surface area (TPSA) is 95.0 Å². The van der Waals surface area contributed by atoms with Gasteiger partial charge in [-0.1, -0.05) is 57.6 Å². The molecule has 0 spiro atoms. The molecule has 1 unspecified atom stereocenters. The van der Waals surface area contributed by atoms with Crippen LogP contribution in [0.1, 0.15) is 47.5 Å². The number of ether oxygens (including phenoxy) is 1. The lowest BCUT2D eigenvalue weighted by molar-refractivity contribution is -0.144. The van der Waals surface area contributed by atoms with Gasteiger partial charge in [-0.25, -0.2) is 0 Å². The van der Waals surface area contributed by atoms with Gasteiger partial charge in [0.15, 0.2) is 0 Å². The van der Waals surface area contributed by atoms with Gasteiger partial charge in [0.05, 0.1) is 42.4 Å². The predicted octanol–water partition coefficient (Wildman–Crippen LogP) is 5.72. The van der Waals surface area contributed by atoms with Crippen molar-refractivity contribution in [1.29, 1.82) is 0 Å². The van der Waals surface area contributed by atoms with Crippen molar-refractivity contribution in [3.63, 3.8) is 0 Å². The largest absolute Gasteiger partial charge is 0.469 e. The van der Waals surface area contributed by atoms with Crippen LogP contribution in [0.2, 0.25) is 20.1 Å². The van der Waals surface area contributed by atoms with Crippen molar-refractivity contribution in [2.45, 2.75) is 37.6 Å². The first-order valence-corrected chi connectivity index (χ1v) is 17.1. The van der Waals surface area contributed by atoms with Gasteiger partial charge in [-0.2, -0.15) is 0 Å². The summed E-state index contributed by atoms with van der Waals surface area (Å²) in [5.74, 6) is -0.636. The number of esters is 1. The first-order chi connectivity index (χ1) is 22.5. The maximum Gasteiger partial charge on any atom is 0.306 e. The Morgan fingerprint density at radius 2 is 1.64 bits per heavy atom. The Hall–Kier alpha value is -2.60. The number of nitrogens with zero attached hydrogens (tertiary/aromatic N) is 5. The zero-order chi connectivity index (χ0) is 34.1. The van der Waals surface area contributed by atoms with Crippen LogP contribution >= 0.6 is 46.4 Å². The summed E-state index contributed by atoms with van der Waals surface area (Å²) in [6, 6.07) is 10.5. The first kappa shape index (κ1) is 37.2. The van der Waals surface area contributed by atoms with E-state index >= 15 is 0 Å². The second-order valence-electron chi connectivity index (χ2n) is 11.9. The Labute approximate surface area is 296 Å². The molecule has 10 nitrogen and oxygen atoms in total. The first-order valence-electron chi connectivity index (χ1n) is 15.6. The van der Waals surface area contributed by atoms with Crippen molar-refractivity contribution in [2.24, 2.45) is 5.16 Å². The lowest BCUT2D eigenvalue weighted by atomic mass is 9.89. The van der Waals surface area contributed by atoms with Crippen LogP contribution in [0.4, 0.5) is 0 Å². The van der Waals surface area contributed by atoms with E-state index in [9.17, 15) is 14.4 Å². The minimum atomic E-state index is -0.266. The molecule has 0 saturated carbocycles. The number of carbonyl (C=O) groups excluding carboxylic acids is 3. The summed E-state index contributed by atoms with van der Waals surface area (Å²) < 4.78 is 4.73. The summed E-state index contributed by atoms with van der Waals surface area (Å²) in [6.45, 7) is 4.91. The Kier molecular flexibility index (Phi) is 14.0. The molecular formula is C33H41Cl4N5O5. The van der Waals surface area contributed by atoms with E-state index in [2.05, 4.69) is 10.1 Å². The van der Waals surface area contributed by atoms with Gasteiger partial charge in [-0.15, -0.1) is 0 Å². The second-order valence-corrected chi connectivity index (χ2v) is 13.5. The van der Waals surface area contributed by atoms with Crippen LogP contribution in [-0.2, 0) is 19.2 Å². The molecule has 1 atom stereocenters. The summed E-state index contributed by atoms with van der Waals surface area (Å²) in [5.41, 5.74) is 1.93. The van der Waals surface area contributed by atoms with Crippen molar-refractivity contribution in [3.8, 4) is 0 Å². The molecule has 0 bridgehead atoms. The van der Waals surface area contributed by atoms with Crippen LogP contribution in [0.3, 0.4) is 0 Å². The summed E-state index contributed by atoms with van der Waals surface area (Å²) in [4.78, 5) is 51.1.